The van der Waals surface area contributed by atoms with Crippen molar-refractivity contribution in [2.45, 2.75) is 19.9 Å². The predicted molar refractivity (Wildman–Crippen MR) is 89.8 cm³/mol. The summed E-state index contributed by atoms with van der Waals surface area (Å²) in [6.07, 6.45) is 0. The molecule has 0 spiro atoms. The van der Waals surface area contributed by atoms with Gasteiger partial charge in [-0.05, 0) is 61.5 Å². The highest BCUT2D eigenvalue weighted by atomic mass is 79.9. The first-order valence-electron chi connectivity index (χ1n) is 6.63. The van der Waals surface area contributed by atoms with Crippen LogP contribution in [0.4, 0.5) is 4.39 Å². The Kier molecular flexibility index (Phi) is 3.71. The molecule has 1 unspecified atom stereocenters. The molecule has 0 saturated carbocycles. The van der Waals surface area contributed by atoms with Gasteiger partial charge in [-0.3, -0.25) is 0 Å². The van der Waals surface area contributed by atoms with Crippen molar-refractivity contribution in [1.29, 1.82) is 0 Å². The fraction of sp³-hybridized carbons (Fsp3) is 0.188. The Morgan fingerprint density at radius 3 is 2.57 bits per heavy atom. The molecule has 1 heterocycles. The molecule has 0 radical (unpaired) electrons. The molecule has 108 valence electrons. The summed E-state index contributed by atoms with van der Waals surface area (Å²) in [5.41, 5.74) is 3.42. The van der Waals surface area contributed by atoms with Gasteiger partial charge in [0.25, 0.3) is 0 Å². The molecule has 0 aliphatic rings. The van der Waals surface area contributed by atoms with Crippen LogP contribution in [-0.2, 0) is 0 Å². The van der Waals surface area contributed by atoms with Crippen LogP contribution in [0.1, 0.15) is 24.1 Å². The molecule has 1 atom stereocenters. The Morgan fingerprint density at radius 1 is 1.24 bits per heavy atom. The second-order valence-corrected chi connectivity index (χ2v) is 6.45. The Hall–Kier alpha value is -1.46. The van der Waals surface area contributed by atoms with Crippen molar-refractivity contribution in [3.05, 3.63) is 62.6 Å². The zero-order chi connectivity index (χ0) is 15.1. The number of nitrogens with one attached hydrogen (secondary N) is 1. The minimum absolute atomic E-state index is 0.0733. The van der Waals surface area contributed by atoms with Crippen molar-refractivity contribution in [2.75, 3.05) is 0 Å². The Bertz CT molecular complexity index is 864. The first-order chi connectivity index (χ1) is 9.97. The van der Waals surface area contributed by atoms with Crippen LogP contribution in [0, 0.1) is 17.5 Å². The van der Waals surface area contributed by atoms with Gasteiger partial charge in [-0.1, -0.05) is 28.1 Å². The SMILES string of the molecule is Cc1cc2c(cc1F)[nH]c(=S)n2C(C)c1ccc(Br)cc1. The van der Waals surface area contributed by atoms with E-state index >= 15 is 0 Å². The number of aromatic amines is 1. The van der Waals surface area contributed by atoms with Crippen LogP contribution in [0.5, 0.6) is 0 Å². The number of rotatable bonds is 2. The first kappa shape index (κ1) is 14.5. The van der Waals surface area contributed by atoms with Crippen LogP contribution in [0.3, 0.4) is 0 Å². The van der Waals surface area contributed by atoms with Gasteiger partial charge in [0.1, 0.15) is 5.82 Å². The lowest BCUT2D eigenvalue weighted by Crippen LogP contribution is -2.06. The monoisotopic (exact) mass is 364 g/mol. The fourth-order valence-corrected chi connectivity index (χ4v) is 3.16. The normalized spacial score (nSPS) is 12.8. The first-order valence-corrected chi connectivity index (χ1v) is 7.83. The second kappa shape index (κ2) is 5.39. The van der Waals surface area contributed by atoms with Crippen LogP contribution in [0.2, 0.25) is 0 Å². The molecule has 0 bridgehead atoms. The zero-order valence-electron chi connectivity index (χ0n) is 11.7. The van der Waals surface area contributed by atoms with E-state index in [0.29, 0.717) is 10.3 Å². The van der Waals surface area contributed by atoms with Gasteiger partial charge in [-0.2, -0.15) is 0 Å². The minimum Gasteiger partial charge on any atom is -0.330 e. The van der Waals surface area contributed by atoms with Crippen LogP contribution in [0.25, 0.3) is 11.0 Å². The smallest absolute Gasteiger partial charge is 0.178 e. The number of nitrogens with zero attached hydrogens (tertiary/aromatic N) is 1. The van der Waals surface area contributed by atoms with Crippen molar-refractivity contribution >= 4 is 39.2 Å². The summed E-state index contributed by atoms with van der Waals surface area (Å²) in [6.45, 7) is 3.85. The second-order valence-electron chi connectivity index (χ2n) is 5.15. The number of aromatic nitrogens is 2. The Labute approximate surface area is 135 Å². The summed E-state index contributed by atoms with van der Waals surface area (Å²) >= 11 is 8.86. The molecule has 0 aliphatic carbocycles. The molecular formula is C16H14BrFN2S. The molecule has 3 rings (SSSR count). The summed E-state index contributed by atoms with van der Waals surface area (Å²) in [4.78, 5) is 3.09. The van der Waals surface area contributed by atoms with Gasteiger partial charge in [-0.25, -0.2) is 4.39 Å². The van der Waals surface area contributed by atoms with E-state index in [1.807, 2.05) is 22.8 Å². The van der Waals surface area contributed by atoms with E-state index in [1.54, 1.807) is 6.92 Å². The molecule has 3 aromatic rings. The van der Waals surface area contributed by atoms with Crippen LogP contribution >= 0.6 is 28.1 Å². The summed E-state index contributed by atoms with van der Waals surface area (Å²) in [7, 11) is 0. The number of aryl methyl sites for hydroxylation is 1. The molecule has 1 aromatic heterocycles. The fourth-order valence-electron chi connectivity index (χ4n) is 2.53. The topological polar surface area (TPSA) is 20.7 Å². The molecule has 0 aliphatic heterocycles. The van der Waals surface area contributed by atoms with E-state index in [0.717, 1.165) is 21.1 Å². The maximum absolute atomic E-state index is 13.7. The Morgan fingerprint density at radius 2 is 1.90 bits per heavy atom. The molecule has 0 amide bonds. The number of halogens is 2. The number of benzene rings is 2. The van der Waals surface area contributed by atoms with E-state index in [-0.39, 0.29) is 11.9 Å². The van der Waals surface area contributed by atoms with Crippen LogP contribution < -0.4 is 0 Å². The van der Waals surface area contributed by atoms with E-state index in [2.05, 4.69) is 40.0 Å². The third-order valence-electron chi connectivity index (χ3n) is 3.74. The molecule has 5 heteroatoms. The highest BCUT2D eigenvalue weighted by Gasteiger charge is 2.14. The van der Waals surface area contributed by atoms with E-state index in [1.165, 1.54) is 6.07 Å². The van der Waals surface area contributed by atoms with Gasteiger partial charge in [0.2, 0.25) is 0 Å². The van der Waals surface area contributed by atoms with E-state index in [9.17, 15) is 4.39 Å². The lowest BCUT2D eigenvalue weighted by atomic mass is 10.1. The van der Waals surface area contributed by atoms with Gasteiger partial charge < -0.3 is 9.55 Å². The standard InChI is InChI=1S/C16H14BrFN2S/c1-9-7-15-14(8-13(9)18)19-16(21)20(15)10(2)11-3-5-12(17)6-4-11/h3-8,10H,1-2H3,(H,19,21). The molecule has 2 nitrogen and oxygen atoms in total. The number of hydrogen-bond donors (Lipinski definition) is 1. The van der Waals surface area contributed by atoms with Gasteiger partial charge in [-0.15, -0.1) is 0 Å². The number of H-pyrrole nitrogens is 1. The maximum Gasteiger partial charge on any atom is 0.178 e. The van der Waals surface area contributed by atoms with Crippen molar-refractivity contribution in [3.63, 3.8) is 0 Å². The maximum atomic E-state index is 13.7. The van der Waals surface area contributed by atoms with E-state index in [4.69, 9.17) is 12.2 Å². The molecule has 21 heavy (non-hydrogen) atoms. The number of hydrogen-bond acceptors (Lipinski definition) is 1. The van der Waals surface area contributed by atoms with Crippen molar-refractivity contribution in [3.8, 4) is 0 Å². The van der Waals surface area contributed by atoms with Gasteiger partial charge in [0, 0.05) is 4.47 Å². The lowest BCUT2D eigenvalue weighted by molar-refractivity contribution is 0.619. The molecule has 0 fully saturated rings. The van der Waals surface area contributed by atoms with Gasteiger partial charge >= 0.3 is 0 Å². The van der Waals surface area contributed by atoms with E-state index < -0.39 is 0 Å². The highest BCUT2D eigenvalue weighted by molar-refractivity contribution is 9.10. The third-order valence-corrected chi connectivity index (χ3v) is 4.56. The third kappa shape index (κ3) is 2.56. The number of imidazole rings is 1. The molecule has 0 saturated heterocycles. The molecular weight excluding hydrogens is 351 g/mol. The van der Waals surface area contributed by atoms with Gasteiger partial charge in [0.15, 0.2) is 4.77 Å². The quantitative estimate of drug-likeness (QED) is 0.593. The average Bonchev–Trinajstić information content (AvgIpc) is 2.75. The molecule has 2 aromatic carbocycles. The van der Waals surface area contributed by atoms with Crippen LogP contribution in [-0.4, -0.2) is 9.55 Å². The largest absolute Gasteiger partial charge is 0.330 e. The highest BCUT2D eigenvalue weighted by Crippen LogP contribution is 2.27. The summed E-state index contributed by atoms with van der Waals surface area (Å²) in [6, 6.07) is 11.6. The van der Waals surface area contributed by atoms with Crippen molar-refractivity contribution < 1.29 is 4.39 Å². The average molecular weight is 365 g/mol. The zero-order valence-corrected chi connectivity index (χ0v) is 14.1. The Balaban J connectivity index is 2.19. The minimum atomic E-state index is -0.220. The molecule has 1 N–H and O–H groups in total. The lowest BCUT2D eigenvalue weighted by Gasteiger charge is -2.15. The van der Waals surface area contributed by atoms with Crippen molar-refractivity contribution in [1.82, 2.24) is 9.55 Å². The van der Waals surface area contributed by atoms with Gasteiger partial charge in [0.05, 0.1) is 17.1 Å². The summed E-state index contributed by atoms with van der Waals surface area (Å²) in [5, 5.41) is 0. The predicted octanol–water partition coefficient (Wildman–Crippen LogP) is 5.52. The summed E-state index contributed by atoms with van der Waals surface area (Å²) in [5.74, 6) is -0.220. The summed E-state index contributed by atoms with van der Waals surface area (Å²) < 4.78 is 17.4. The van der Waals surface area contributed by atoms with Crippen LogP contribution in [0.15, 0.2) is 40.9 Å². The number of fused-ring (bicyclic) bond motifs is 1. The van der Waals surface area contributed by atoms with Crippen molar-refractivity contribution in [2.24, 2.45) is 0 Å².